The third-order valence-electron chi connectivity index (χ3n) is 5.81. The van der Waals surface area contributed by atoms with Crippen molar-refractivity contribution in [2.45, 2.75) is 71.1 Å². The number of benzene rings is 1. The fraction of sp³-hybridized carbons (Fsp3) is 0.522. The predicted molar refractivity (Wildman–Crippen MR) is 103 cm³/mol. The first kappa shape index (κ1) is 18.1. The summed E-state index contributed by atoms with van der Waals surface area (Å²) in [7, 11) is 0. The van der Waals surface area contributed by atoms with E-state index in [2.05, 4.69) is 24.9 Å². The van der Waals surface area contributed by atoms with Gasteiger partial charge in [-0.25, -0.2) is 4.39 Å². The van der Waals surface area contributed by atoms with Gasteiger partial charge in [0.2, 0.25) is 0 Å². The minimum absolute atomic E-state index is 0.155. The molecule has 1 saturated carbocycles. The van der Waals surface area contributed by atoms with Crippen molar-refractivity contribution in [2.75, 3.05) is 0 Å². The van der Waals surface area contributed by atoms with Crippen molar-refractivity contribution in [3.05, 3.63) is 53.5 Å². The van der Waals surface area contributed by atoms with E-state index in [0.29, 0.717) is 11.5 Å². The van der Waals surface area contributed by atoms with Crippen LogP contribution in [0.2, 0.25) is 0 Å². The summed E-state index contributed by atoms with van der Waals surface area (Å²) in [6, 6.07) is 9.74. The lowest BCUT2D eigenvalue weighted by Gasteiger charge is -2.27. The first-order valence-electron chi connectivity index (χ1n) is 9.96. The molecule has 0 spiro atoms. The molecule has 0 amide bonds. The van der Waals surface area contributed by atoms with Crippen molar-refractivity contribution in [2.24, 2.45) is 5.92 Å². The molecule has 0 unspecified atom stereocenters. The minimum atomic E-state index is -0.155. The molecule has 25 heavy (non-hydrogen) atoms. The molecular formula is C23H30FN. The normalized spacial score (nSPS) is 20.6. The molecule has 1 aliphatic carbocycles. The second kappa shape index (κ2) is 8.60. The zero-order chi connectivity index (χ0) is 17.6. The van der Waals surface area contributed by atoms with E-state index in [-0.39, 0.29) is 5.82 Å². The quantitative estimate of drug-likeness (QED) is 0.557. The van der Waals surface area contributed by atoms with Crippen LogP contribution < -0.4 is 0 Å². The van der Waals surface area contributed by atoms with Gasteiger partial charge in [-0.1, -0.05) is 38.8 Å². The second-order valence-electron chi connectivity index (χ2n) is 7.52. The molecule has 1 aliphatic rings. The lowest BCUT2D eigenvalue weighted by molar-refractivity contribution is 0.318. The summed E-state index contributed by atoms with van der Waals surface area (Å²) in [5.41, 5.74) is 3.75. The molecule has 2 aromatic rings. The van der Waals surface area contributed by atoms with Crippen molar-refractivity contribution in [3.63, 3.8) is 0 Å². The predicted octanol–water partition coefficient (Wildman–Crippen LogP) is 6.91. The van der Waals surface area contributed by atoms with Crippen LogP contribution in [-0.2, 0) is 6.42 Å². The number of rotatable bonds is 6. The Bertz CT molecular complexity index is 669. The van der Waals surface area contributed by atoms with Crippen molar-refractivity contribution >= 4 is 0 Å². The molecule has 1 fully saturated rings. The molecule has 2 heteroatoms. The molecule has 0 N–H and O–H groups in total. The van der Waals surface area contributed by atoms with E-state index in [9.17, 15) is 4.39 Å². The summed E-state index contributed by atoms with van der Waals surface area (Å²) in [6.45, 7) is 4.45. The highest BCUT2D eigenvalue weighted by Gasteiger charge is 2.21. The maximum absolute atomic E-state index is 14.5. The number of hydrogen-bond acceptors (Lipinski definition) is 1. The van der Waals surface area contributed by atoms with E-state index < -0.39 is 0 Å². The molecule has 3 rings (SSSR count). The van der Waals surface area contributed by atoms with Gasteiger partial charge in [0.15, 0.2) is 0 Å². The van der Waals surface area contributed by atoms with E-state index in [1.807, 2.05) is 24.4 Å². The van der Waals surface area contributed by atoms with Crippen LogP contribution in [0.15, 0.2) is 36.5 Å². The first-order chi connectivity index (χ1) is 12.2. The third-order valence-corrected chi connectivity index (χ3v) is 5.81. The van der Waals surface area contributed by atoms with E-state index in [0.717, 1.165) is 36.4 Å². The van der Waals surface area contributed by atoms with Crippen LogP contribution in [-0.4, -0.2) is 4.98 Å². The van der Waals surface area contributed by atoms with E-state index in [1.54, 1.807) is 6.07 Å². The Balaban J connectivity index is 1.70. The van der Waals surface area contributed by atoms with Gasteiger partial charge in [0.25, 0.3) is 0 Å². The Hall–Kier alpha value is -1.70. The molecule has 1 nitrogen and oxygen atoms in total. The molecule has 0 saturated heterocycles. The molecule has 0 atom stereocenters. The maximum Gasteiger partial charge on any atom is 0.132 e. The number of aryl methyl sites for hydroxylation is 1. The zero-order valence-electron chi connectivity index (χ0n) is 15.6. The van der Waals surface area contributed by atoms with Gasteiger partial charge in [0.05, 0.1) is 5.69 Å². The van der Waals surface area contributed by atoms with Crippen molar-refractivity contribution in [1.29, 1.82) is 0 Å². The lowest BCUT2D eigenvalue weighted by atomic mass is 9.78. The summed E-state index contributed by atoms with van der Waals surface area (Å²) in [4.78, 5) is 4.58. The number of unbranched alkanes of at least 4 members (excludes halogenated alkanes) is 1. The minimum Gasteiger partial charge on any atom is -0.256 e. The Morgan fingerprint density at radius 3 is 2.44 bits per heavy atom. The molecule has 0 bridgehead atoms. The number of hydrogen-bond donors (Lipinski definition) is 0. The maximum atomic E-state index is 14.5. The summed E-state index contributed by atoms with van der Waals surface area (Å²) < 4.78 is 14.5. The lowest BCUT2D eigenvalue weighted by Crippen LogP contribution is -2.12. The van der Waals surface area contributed by atoms with Crippen LogP contribution in [0.3, 0.4) is 0 Å². The summed E-state index contributed by atoms with van der Waals surface area (Å²) >= 11 is 0. The smallest absolute Gasteiger partial charge is 0.132 e. The van der Waals surface area contributed by atoms with Crippen molar-refractivity contribution in [3.8, 4) is 11.3 Å². The fourth-order valence-electron chi connectivity index (χ4n) is 4.01. The van der Waals surface area contributed by atoms with Gasteiger partial charge in [0, 0.05) is 11.8 Å². The van der Waals surface area contributed by atoms with Gasteiger partial charge in [-0.2, -0.15) is 0 Å². The molecule has 134 valence electrons. The number of pyridine rings is 1. The summed E-state index contributed by atoms with van der Waals surface area (Å²) in [5.74, 6) is 1.38. The van der Waals surface area contributed by atoms with Gasteiger partial charge in [-0.15, -0.1) is 0 Å². The van der Waals surface area contributed by atoms with Crippen LogP contribution in [0.4, 0.5) is 4.39 Å². The van der Waals surface area contributed by atoms with Gasteiger partial charge < -0.3 is 0 Å². The highest BCUT2D eigenvalue weighted by atomic mass is 19.1. The van der Waals surface area contributed by atoms with Crippen LogP contribution in [0.25, 0.3) is 11.3 Å². The topological polar surface area (TPSA) is 12.9 Å². The molecule has 1 heterocycles. The summed E-state index contributed by atoms with van der Waals surface area (Å²) in [5, 5.41) is 0. The summed E-state index contributed by atoms with van der Waals surface area (Å²) in [6.07, 6.45) is 11.6. The standard InChI is InChI=1S/C23H30FN/c1-3-5-6-18-9-13-21(22(24)15-18)23-14-12-20(16-25-23)19-10-7-17(4-2)8-11-19/h9,12-17,19H,3-8,10-11H2,1-2H3/t17-,19-. The highest BCUT2D eigenvalue weighted by Crippen LogP contribution is 2.37. The van der Waals surface area contributed by atoms with Crippen LogP contribution >= 0.6 is 0 Å². The van der Waals surface area contributed by atoms with Crippen molar-refractivity contribution < 1.29 is 4.39 Å². The van der Waals surface area contributed by atoms with Crippen LogP contribution in [0.5, 0.6) is 0 Å². The Morgan fingerprint density at radius 1 is 1.04 bits per heavy atom. The highest BCUT2D eigenvalue weighted by molar-refractivity contribution is 5.60. The van der Waals surface area contributed by atoms with Gasteiger partial charge in [-0.05, 0) is 79.7 Å². The first-order valence-corrected chi connectivity index (χ1v) is 9.96. The average molecular weight is 339 g/mol. The second-order valence-corrected chi connectivity index (χ2v) is 7.52. The van der Waals surface area contributed by atoms with E-state index in [1.165, 1.54) is 37.7 Å². The number of aromatic nitrogens is 1. The van der Waals surface area contributed by atoms with Gasteiger partial charge in [-0.3, -0.25) is 4.98 Å². The van der Waals surface area contributed by atoms with Crippen LogP contribution in [0.1, 0.15) is 75.8 Å². The Kier molecular flexibility index (Phi) is 6.23. The monoisotopic (exact) mass is 339 g/mol. The molecule has 0 aliphatic heterocycles. The molecule has 1 aromatic heterocycles. The van der Waals surface area contributed by atoms with E-state index in [4.69, 9.17) is 0 Å². The molecule has 1 aromatic carbocycles. The van der Waals surface area contributed by atoms with Crippen LogP contribution in [0, 0.1) is 11.7 Å². The van der Waals surface area contributed by atoms with Crippen molar-refractivity contribution in [1.82, 2.24) is 4.98 Å². The number of halogens is 1. The third kappa shape index (κ3) is 4.48. The molecule has 0 radical (unpaired) electrons. The molecular weight excluding hydrogens is 309 g/mol. The SMILES string of the molecule is CCCCc1ccc(-c2ccc([C@H]3CC[C@H](CC)CC3)cn2)c(F)c1. The largest absolute Gasteiger partial charge is 0.256 e. The average Bonchev–Trinajstić information content (AvgIpc) is 2.67. The van der Waals surface area contributed by atoms with E-state index >= 15 is 0 Å². The van der Waals surface area contributed by atoms with Gasteiger partial charge in [0.1, 0.15) is 5.82 Å². The Labute approximate surface area is 151 Å². The zero-order valence-corrected chi connectivity index (χ0v) is 15.6. The Morgan fingerprint density at radius 2 is 1.84 bits per heavy atom. The van der Waals surface area contributed by atoms with Gasteiger partial charge >= 0.3 is 0 Å². The fourth-order valence-corrected chi connectivity index (χ4v) is 4.01. The number of nitrogens with zero attached hydrogens (tertiary/aromatic N) is 1.